The molecule has 0 heterocycles. The standard InChI is InChI=1S/C15H20O2/c1-3-8-17-13-5-4-10-9-12-11-6-7-14(10,13)15(11,12)16-2/h3,6-7,10-13H,1,4-5,8-9H2,2H3/t10-,11-,12+,13+,14+,15?/m0/s1. The summed E-state index contributed by atoms with van der Waals surface area (Å²) in [6.07, 6.45) is 10.9. The van der Waals surface area contributed by atoms with Crippen LogP contribution in [0.1, 0.15) is 19.3 Å². The van der Waals surface area contributed by atoms with Crippen LogP contribution in [0.25, 0.3) is 0 Å². The first-order chi connectivity index (χ1) is 8.31. The molecule has 2 heteroatoms. The molecular formula is C15H20O2. The summed E-state index contributed by atoms with van der Waals surface area (Å²) in [6, 6.07) is 0. The molecule has 6 atom stereocenters. The molecule has 0 amide bonds. The highest BCUT2D eigenvalue weighted by molar-refractivity contribution is 5.45. The zero-order chi connectivity index (χ0) is 11.7. The molecule has 0 aromatic heterocycles. The van der Waals surface area contributed by atoms with Gasteiger partial charge in [0.25, 0.3) is 0 Å². The van der Waals surface area contributed by atoms with Gasteiger partial charge in [0.05, 0.1) is 18.3 Å². The predicted octanol–water partition coefficient (Wildman–Crippen LogP) is 2.56. The highest BCUT2D eigenvalue weighted by Gasteiger charge is 2.85. The van der Waals surface area contributed by atoms with Crippen molar-refractivity contribution < 1.29 is 9.47 Å². The molecule has 2 nitrogen and oxygen atoms in total. The van der Waals surface area contributed by atoms with Crippen LogP contribution in [0.3, 0.4) is 0 Å². The van der Waals surface area contributed by atoms with Gasteiger partial charge < -0.3 is 9.47 Å². The highest BCUT2D eigenvalue weighted by Crippen LogP contribution is 2.81. The van der Waals surface area contributed by atoms with Crippen LogP contribution < -0.4 is 0 Å². The van der Waals surface area contributed by atoms with E-state index >= 15 is 0 Å². The molecule has 0 bridgehead atoms. The van der Waals surface area contributed by atoms with E-state index in [4.69, 9.17) is 9.47 Å². The van der Waals surface area contributed by atoms with Crippen LogP contribution in [0, 0.1) is 23.2 Å². The lowest BCUT2D eigenvalue weighted by Crippen LogP contribution is -2.45. The van der Waals surface area contributed by atoms with Gasteiger partial charge in [-0.2, -0.15) is 0 Å². The van der Waals surface area contributed by atoms with E-state index < -0.39 is 0 Å². The van der Waals surface area contributed by atoms with Crippen molar-refractivity contribution in [3.63, 3.8) is 0 Å². The smallest absolute Gasteiger partial charge is 0.0897 e. The molecule has 3 saturated carbocycles. The van der Waals surface area contributed by atoms with Gasteiger partial charge in [0.15, 0.2) is 0 Å². The van der Waals surface area contributed by atoms with Crippen molar-refractivity contribution in [2.45, 2.75) is 31.0 Å². The van der Waals surface area contributed by atoms with Gasteiger partial charge in [-0.05, 0) is 31.1 Å². The van der Waals surface area contributed by atoms with Crippen LogP contribution in [0.15, 0.2) is 24.8 Å². The normalized spacial score (nSPS) is 57.0. The minimum atomic E-state index is 0.111. The van der Waals surface area contributed by atoms with E-state index in [1.807, 2.05) is 13.2 Å². The Morgan fingerprint density at radius 3 is 3.12 bits per heavy atom. The summed E-state index contributed by atoms with van der Waals surface area (Å²) in [5, 5.41) is 0. The number of hydrogen-bond donors (Lipinski definition) is 0. The number of methoxy groups -OCH3 is 1. The Kier molecular flexibility index (Phi) is 1.85. The summed E-state index contributed by atoms with van der Waals surface area (Å²) in [6.45, 7) is 4.43. The zero-order valence-electron chi connectivity index (χ0n) is 10.4. The van der Waals surface area contributed by atoms with E-state index in [1.54, 1.807) is 0 Å². The van der Waals surface area contributed by atoms with Crippen LogP contribution >= 0.6 is 0 Å². The molecule has 1 unspecified atom stereocenters. The van der Waals surface area contributed by atoms with Gasteiger partial charge in [-0.3, -0.25) is 0 Å². The Morgan fingerprint density at radius 2 is 2.35 bits per heavy atom. The van der Waals surface area contributed by atoms with Gasteiger partial charge in [-0.25, -0.2) is 0 Å². The lowest BCUT2D eigenvalue weighted by molar-refractivity contribution is -0.0877. The van der Waals surface area contributed by atoms with Gasteiger partial charge in [0, 0.05) is 18.4 Å². The topological polar surface area (TPSA) is 18.5 Å². The average Bonchev–Trinajstić information content (AvgIpc) is 2.60. The van der Waals surface area contributed by atoms with Crippen LogP contribution in [-0.4, -0.2) is 25.4 Å². The van der Waals surface area contributed by atoms with Crippen molar-refractivity contribution in [1.82, 2.24) is 0 Å². The molecule has 4 rings (SSSR count). The molecule has 92 valence electrons. The molecular weight excluding hydrogens is 212 g/mol. The third-order valence-electron chi connectivity index (χ3n) is 5.90. The second-order valence-corrected chi connectivity index (χ2v) is 6.04. The summed E-state index contributed by atoms with van der Waals surface area (Å²) >= 11 is 0. The Bertz CT molecular complexity index is 402. The highest BCUT2D eigenvalue weighted by atomic mass is 16.5. The number of fused-ring (bicyclic) bond motifs is 1. The molecule has 0 N–H and O–H groups in total. The monoisotopic (exact) mass is 232 g/mol. The maximum Gasteiger partial charge on any atom is 0.0897 e. The van der Waals surface area contributed by atoms with Crippen LogP contribution in [0.5, 0.6) is 0 Å². The Hall–Kier alpha value is -0.600. The largest absolute Gasteiger partial charge is 0.376 e. The average molecular weight is 232 g/mol. The van der Waals surface area contributed by atoms with Crippen molar-refractivity contribution in [2.75, 3.05) is 13.7 Å². The predicted molar refractivity (Wildman–Crippen MR) is 65.6 cm³/mol. The summed E-state index contributed by atoms with van der Waals surface area (Å²) in [5.74, 6) is 2.24. The molecule has 3 fully saturated rings. The number of hydrogen-bond acceptors (Lipinski definition) is 2. The fourth-order valence-corrected chi connectivity index (χ4v) is 5.46. The SMILES string of the molecule is C=CCO[C@@H]1CC[C@H]2C[C@@H]3[C@@H]4C=C[C@@]21C34OC. The van der Waals surface area contributed by atoms with Gasteiger partial charge in [0.2, 0.25) is 0 Å². The summed E-state index contributed by atoms with van der Waals surface area (Å²) in [4.78, 5) is 0. The molecule has 0 radical (unpaired) electrons. The first-order valence-electron chi connectivity index (χ1n) is 6.78. The van der Waals surface area contributed by atoms with Gasteiger partial charge in [0.1, 0.15) is 0 Å². The number of rotatable bonds is 4. The molecule has 17 heavy (non-hydrogen) atoms. The lowest BCUT2D eigenvalue weighted by atomic mass is 9.74. The molecule has 0 aliphatic heterocycles. The molecule has 4 aliphatic rings. The Morgan fingerprint density at radius 1 is 1.47 bits per heavy atom. The van der Waals surface area contributed by atoms with E-state index in [0.29, 0.717) is 18.6 Å². The third-order valence-corrected chi connectivity index (χ3v) is 5.90. The molecule has 0 saturated heterocycles. The van der Waals surface area contributed by atoms with Gasteiger partial charge in [-0.15, -0.1) is 6.58 Å². The molecule has 4 aliphatic carbocycles. The quantitative estimate of drug-likeness (QED) is 0.694. The van der Waals surface area contributed by atoms with Crippen molar-refractivity contribution in [1.29, 1.82) is 0 Å². The molecule has 0 aromatic rings. The Labute approximate surface area is 103 Å². The maximum atomic E-state index is 6.06. The van der Waals surface area contributed by atoms with E-state index in [0.717, 1.165) is 11.8 Å². The van der Waals surface area contributed by atoms with Crippen molar-refractivity contribution in [3.8, 4) is 0 Å². The maximum absolute atomic E-state index is 6.06. The second kappa shape index (κ2) is 3.04. The third kappa shape index (κ3) is 0.869. The summed E-state index contributed by atoms with van der Waals surface area (Å²) < 4.78 is 12.1. The van der Waals surface area contributed by atoms with Crippen LogP contribution in [0.4, 0.5) is 0 Å². The van der Waals surface area contributed by atoms with E-state index in [-0.39, 0.29) is 11.0 Å². The molecule has 0 aromatic carbocycles. The zero-order valence-corrected chi connectivity index (χ0v) is 10.4. The van der Waals surface area contributed by atoms with E-state index in [9.17, 15) is 0 Å². The lowest BCUT2D eigenvalue weighted by Gasteiger charge is -2.38. The fourth-order valence-electron chi connectivity index (χ4n) is 5.46. The minimum absolute atomic E-state index is 0.111. The van der Waals surface area contributed by atoms with E-state index in [2.05, 4.69) is 18.7 Å². The Balaban J connectivity index is 1.73. The summed E-state index contributed by atoms with van der Waals surface area (Å²) in [5.41, 5.74) is 0.306. The van der Waals surface area contributed by atoms with Crippen molar-refractivity contribution >= 4 is 0 Å². The van der Waals surface area contributed by atoms with Crippen molar-refractivity contribution in [3.05, 3.63) is 24.8 Å². The molecule has 1 spiro atoms. The first kappa shape index (κ1) is 10.3. The van der Waals surface area contributed by atoms with Gasteiger partial charge in [-0.1, -0.05) is 18.2 Å². The first-order valence-corrected chi connectivity index (χ1v) is 6.78. The number of ether oxygens (including phenoxy) is 2. The second-order valence-electron chi connectivity index (χ2n) is 6.04. The van der Waals surface area contributed by atoms with Gasteiger partial charge >= 0.3 is 0 Å². The van der Waals surface area contributed by atoms with Crippen LogP contribution in [0.2, 0.25) is 0 Å². The fraction of sp³-hybridized carbons (Fsp3) is 0.733. The van der Waals surface area contributed by atoms with Crippen molar-refractivity contribution in [2.24, 2.45) is 23.2 Å². The van der Waals surface area contributed by atoms with Crippen LogP contribution in [-0.2, 0) is 9.47 Å². The van der Waals surface area contributed by atoms with E-state index in [1.165, 1.54) is 19.3 Å². The summed E-state index contributed by atoms with van der Waals surface area (Å²) in [7, 11) is 1.90. The minimum Gasteiger partial charge on any atom is -0.376 e.